The van der Waals surface area contributed by atoms with Crippen LogP contribution < -0.4 is 0 Å². The highest BCUT2D eigenvalue weighted by Crippen LogP contribution is 2.36. The van der Waals surface area contributed by atoms with E-state index in [4.69, 9.17) is 9.47 Å². The average molecular weight is 280 g/mol. The lowest BCUT2D eigenvalue weighted by Gasteiger charge is -2.45. The lowest BCUT2D eigenvalue weighted by atomic mass is 9.77. The molecular weight excluding hydrogens is 264 g/mol. The fourth-order valence-corrected chi connectivity index (χ4v) is 3.13. The van der Waals surface area contributed by atoms with E-state index in [0.717, 1.165) is 4.90 Å². The first-order chi connectivity index (χ1) is 9.61. The minimum Gasteiger partial charge on any atom is -0.453 e. The Bertz CT molecular complexity index is 489. The summed E-state index contributed by atoms with van der Waals surface area (Å²) in [7, 11) is 1.32. The molecule has 108 valence electrons. The first-order valence-electron chi connectivity index (χ1n) is 6.63. The third-order valence-corrected chi connectivity index (χ3v) is 4.09. The minimum absolute atomic E-state index is 0.131. The normalized spacial score (nSPS) is 31.4. The third-order valence-electron chi connectivity index (χ3n) is 4.09. The zero-order chi connectivity index (χ0) is 14.3. The molecule has 3 heterocycles. The van der Waals surface area contributed by atoms with Crippen LogP contribution in [0.2, 0.25) is 0 Å². The van der Waals surface area contributed by atoms with Crippen molar-refractivity contribution in [3.8, 4) is 0 Å². The maximum Gasteiger partial charge on any atom is 0.416 e. The number of hydrogen-bond donors (Lipinski definition) is 0. The first kappa shape index (κ1) is 13.0. The Hall–Kier alpha value is -2.05. The number of carbonyl (C=O) groups is 3. The van der Waals surface area contributed by atoms with Crippen LogP contribution in [0.4, 0.5) is 9.59 Å². The number of amides is 3. The quantitative estimate of drug-likeness (QED) is 0.658. The van der Waals surface area contributed by atoms with Crippen LogP contribution >= 0.6 is 0 Å². The van der Waals surface area contributed by atoms with Gasteiger partial charge in [-0.1, -0.05) is 12.2 Å². The largest absolute Gasteiger partial charge is 0.453 e. The van der Waals surface area contributed by atoms with Gasteiger partial charge >= 0.3 is 12.2 Å². The van der Waals surface area contributed by atoms with Crippen molar-refractivity contribution in [2.75, 3.05) is 26.8 Å². The van der Waals surface area contributed by atoms with E-state index in [1.807, 2.05) is 12.2 Å². The van der Waals surface area contributed by atoms with E-state index in [0.29, 0.717) is 13.0 Å². The highest BCUT2D eigenvalue weighted by Gasteiger charge is 2.46. The van der Waals surface area contributed by atoms with Crippen molar-refractivity contribution in [2.24, 2.45) is 11.8 Å². The number of methoxy groups -OCH3 is 1. The summed E-state index contributed by atoms with van der Waals surface area (Å²) < 4.78 is 9.55. The fraction of sp³-hybridized carbons (Fsp3) is 0.615. The van der Waals surface area contributed by atoms with Crippen molar-refractivity contribution < 1.29 is 23.9 Å². The zero-order valence-corrected chi connectivity index (χ0v) is 11.2. The highest BCUT2D eigenvalue weighted by molar-refractivity contribution is 5.95. The van der Waals surface area contributed by atoms with Gasteiger partial charge in [0.25, 0.3) is 0 Å². The van der Waals surface area contributed by atoms with Gasteiger partial charge in [0.05, 0.1) is 25.6 Å². The molecule has 0 unspecified atom stereocenters. The summed E-state index contributed by atoms with van der Waals surface area (Å²) in [6.07, 6.45) is 3.50. The number of piperidine rings is 1. The van der Waals surface area contributed by atoms with Crippen molar-refractivity contribution >= 4 is 18.1 Å². The standard InChI is InChI=1S/C13H16N2O5/c1-19-12(17)15-7-8-2-3-10(15)9(6-8)11(16)14-4-5-20-13(14)18/h2-3,8-10H,4-7H2,1H3/t8-,9+,10+/m0/s1. The minimum atomic E-state index is -0.593. The molecule has 0 aromatic rings. The van der Waals surface area contributed by atoms with Gasteiger partial charge < -0.3 is 14.4 Å². The monoisotopic (exact) mass is 280 g/mol. The molecule has 0 saturated carbocycles. The Balaban J connectivity index is 1.80. The predicted octanol–water partition coefficient (Wildman–Crippen LogP) is 0.608. The van der Waals surface area contributed by atoms with Gasteiger partial charge in [0.15, 0.2) is 0 Å². The van der Waals surface area contributed by atoms with Crippen molar-refractivity contribution in [2.45, 2.75) is 12.5 Å². The van der Waals surface area contributed by atoms with Gasteiger partial charge in [-0.3, -0.25) is 4.79 Å². The molecule has 2 bridgehead atoms. The Morgan fingerprint density at radius 1 is 1.40 bits per heavy atom. The first-order valence-corrected chi connectivity index (χ1v) is 6.63. The highest BCUT2D eigenvalue weighted by atomic mass is 16.6. The molecule has 4 aliphatic rings. The lowest BCUT2D eigenvalue weighted by Crippen LogP contribution is -2.57. The molecule has 0 radical (unpaired) electrons. The predicted molar refractivity (Wildman–Crippen MR) is 66.7 cm³/mol. The van der Waals surface area contributed by atoms with Gasteiger partial charge in [0.1, 0.15) is 6.61 Å². The molecule has 20 heavy (non-hydrogen) atoms. The molecule has 2 fully saturated rings. The molecule has 3 amide bonds. The van der Waals surface area contributed by atoms with Gasteiger partial charge in [-0.2, -0.15) is 0 Å². The van der Waals surface area contributed by atoms with Gasteiger partial charge in [-0.05, 0) is 12.3 Å². The summed E-state index contributed by atoms with van der Waals surface area (Å²) in [6, 6.07) is -0.339. The van der Waals surface area contributed by atoms with Crippen molar-refractivity contribution in [3.63, 3.8) is 0 Å². The molecule has 0 N–H and O–H groups in total. The molecule has 7 nitrogen and oxygen atoms in total. The smallest absolute Gasteiger partial charge is 0.416 e. The molecule has 1 aliphatic carbocycles. The van der Waals surface area contributed by atoms with Crippen LogP contribution in [0.3, 0.4) is 0 Å². The molecule has 0 aromatic carbocycles. The summed E-state index contributed by atoms with van der Waals surface area (Å²) in [5.41, 5.74) is 0. The Morgan fingerprint density at radius 3 is 2.80 bits per heavy atom. The molecule has 4 rings (SSSR count). The Kier molecular flexibility index (Phi) is 3.11. The third kappa shape index (κ3) is 1.93. The van der Waals surface area contributed by atoms with Crippen LogP contribution in [0.5, 0.6) is 0 Å². The summed E-state index contributed by atoms with van der Waals surface area (Å²) >= 11 is 0. The topological polar surface area (TPSA) is 76.2 Å². The van der Waals surface area contributed by atoms with E-state index in [1.54, 1.807) is 4.90 Å². The van der Waals surface area contributed by atoms with E-state index >= 15 is 0 Å². The molecule has 0 aromatic heterocycles. The van der Waals surface area contributed by atoms with Crippen LogP contribution in [0, 0.1) is 11.8 Å². The van der Waals surface area contributed by atoms with E-state index in [2.05, 4.69) is 0 Å². The van der Waals surface area contributed by atoms with E-state index in [9.17, 15) is 14.4 Å². The number of carbonyl (C=O) groups excluding carboxylic acids is 3. The molecule has 3 aliphatic heterocycles. The average Bonchev–Trinajstić information content (AvgIpc) is 2.92. The van der Waals surface area contributed by atoms with Gasteiger partial charge in [0, 0.05) is 6.54 Å². The van der Waals surface area contributed by atoms with Crippen molar-refractivity contribution in [1.29, 1.82) is 0 Å². The van der Waals surface area contributed by atoms with Crippen molar-refractivity contribution in [1.82, 2.24) is 9.80 Å². The molecule has 3 atom stereocenters. The second kappa shape index (κ2) is 4.81. The zero-order valence-electron chi connectivity index (χ0n) is 11.2. The number of hydrogen-bond acceptors (Lipinski definition) is 5. The van der Waals surface area contributed by atoms with Crippen LogP contribution in [0.15, 0.2) is 12.2 Å². The number of cyclic esters (lactones) is 1. The summed E-state index contributed by atoms with van der Waals surface area (Å²) in [5.74, 6) is -0.532. The van der Waals surface area contributed by atoms with E-state index in [-0.39, 0.29) is 31.0 Å². The van der Waals surface area contributed by atoms with Gasteiger partial charge in [-0.15, -0.1) is 0 Å². The summed E-state index contributed by atoms with van der Waals surface area (Å²) in [4.78, 5) is 38.4. The molecule has 0 spiro atoms. The molecular formula is C13H16N2O5. The van der Waals surface area contributed by atoms with Crippen LogP contribution in [0.25, 0.3) is 0 Å². The lowest BCUT2D eigenvalue weighted by molar-refractivity contribution is -0.135. The maximum absolute atomic E-state index is 12.5. The fourth-order valence-electron chi connectivity index (χ4n) is 3.13. The van der Waals surface area contributed by atoms with Gasteiger partial charge in [-0.25, -0.2) is 14.5 Å². The molecule has 2 saturated heterocycles. The number of rotatable bonds is 1. The second-order valence-corrected chi connectivity index (χ2v) is 5.20. The van der Waals surface area contributed by atoms with Crippen molar-refractivity contribution in [3.05, 3.63) is 12.2 Å². The number of nitrogens with zero attached hydrogens (tertiary/aromatic N) is 2. The van der Waals surface area contributed by atoms with E-state index < -0.39 is 18.1 Å². The number of ether oxygens (including phenoxy) is 2. The Labute approximate surface area is 116 Å². The molecule has 7 heteroatoms. The van der Waals surface area contributed by atoms with Crippen LogP contribution in [0.1, 0.15) is 6.42 Å². The number of imide groups is 1. The summed E-state index contributed by atoms with van der Waals surface area (Å²) in [6.45, 7) is 1.08. The Morgan fingerprint density at radius 2 is 2.20 bits per heavy atom. The number of fused-ring (bicyclic) bond motifs is 2. The van der Waals surface area contributed by atoms with E-state index in [1.165, 1.54) is 7.11 Å². The summed E-state index contributed by atoms with van der Waals surface area (Å²) in [5, 5.41) is 0. The van der Waals surface area contributed by atoms with Crippen LogP contribution in [-0.4, -0.2) is 60.7 Å². The van der Waals surface area contributed by atoms with Crippen LogP contribution in [-0.2, 0) is 14.3 Å². The second-order valence-electron chi connectivity index (χ2n) is 5.20. The maximum atomic E-state index is 12.5. The SMILES string of the molecule is COC(=O)N1C[C@H]2C=C[C@@H]1[C@H](C(=O)N1CCOC1=O)C2. The van der Waals surface area contributed by atoms with Gasteiger partial charge in [0.2, 0.25) is 5.91 Å².